The Morgan fingerprint density at radius 2 is 1.75 bits per heavy atom. The van der Waals surface area contributed by atoms with Gasteiger partial charge in [0.1, 0.15) is 5.01 Å². The van der Waals surface area contributed by atoms with Gasteiger partial charge in [0.2, 0.25) is 15.9 Å². The summed E-state index contributed by atoms with van der Waals surface area (Å²) >= 11 is 1.49. The minimum absolute atomic E-state index is 0.142. The van der Waals surface area contributed by atoms with Crippen molar-refractivity contribution in [3.63, 3.8) is 0 Å². The van der Waals surface area contributed by atoms with Crippen LogP contribution in [0, 0.1) is 13.8 Å². The van der Waals surface area contributed by atoms with Gasteiger partial charge in [0, 0.05) is 29.6 Å². The molecule has 0 fully saturated rings. The second-order valence-electron chi connectivity index (χ2n) is 6.37. The first-order valence-electron chi connectivity index (χ1n) is 8.66. The number of anilines is 1. The number of benzene rings is 2. The summed E-state index contributed by atoms with van der Waals surface area (Å²) in [7, 11) is -3.67. The van der Waals surface area contributed by atoms with Crippen LogP contribution in [0.3, 0.4) is 0 Å². The predicted octanol–water partition coefficient (Wildman–Crippen LogP) is 3.86. The summed E-state index contributed by atoms with van der Waals surface area (Å²) in [5.41, 5.74) is 3.54. The second kappa shape index (κ2) is 8.22. The molecule has 146 valence electrons. The Kier molecular flexibility index (Phi) is 5.93. The summed E-state index contributed by atoms with van der Waals surface area (Å²) in [5, 5.41) is 3.49. The van der Waals surface area contributed by atoms with E-state index in [1.807, 2.05) is 38.1 Å². The molecule has 0 unspecified atom stereocenters. The number of amides is 1. The minimum atomic E-state index is -3.67. The summed E-state index contributed by atoms with van der Waals surface area (Å²) < 4.78 is 27.8. The van der Waals surface area contributed by atoms with Crippen molar-refractivity contribution in [3.05, 3.63) is 64.7 Å². The van der Waals surface area contributed by atoms with Crippen molar-refractivity contribution < 1.29 is 13.2 Å². The average molecular weight is 416 g/mol. The molecular weight excluding hydrogens is 394 g/mol. The number of aryl methyl sites for hydroxylation is 2. The van der Waals surface area contributed by atoms with Crippen LogP contribution < -0.4 is 10.0 Å². The van der Waals surface area contributed by atoms with Gasteiger partial charge in [-0.25, -0.2) is 18.1 Å². The predicted molar refractivity (Wildman–Crippen MR) is 112 cm³/mol. The van der Waals surface area contributed by atoms with Gasteiger partial charge < -0.3 is 5.32 Å². The largest absolute Gasteiger partial charge is 0.326 e. The third-order valence-electron chi connectivity index (χ3n) is 4.18. The SMILES string of the molecule is CC(=O)Nc1ccc(S(=O)(=O)NCc2sc(-c3ccccc3C)nc2C)cc1. The molecule has 6 nitrogen and oxygen atoms in total. The topological polar surface area (TPSA) is 88.2 Å². The third-order valence-corrected chi connectivity index (χ3v) is 6.78. The number of hydrogen-bond acceptors (Lipinski definition) is 5. The van der Waals surface area contributed by atoms with Crippen LogP contribution in [-0.4, -0.2) is 19.3 Å². The molecule has 0 saturated heterocycles. The van der Waals surface area contributed by atoms with Gasteiger partial charge in [-0.05, 0) is 43.7 Å². The zero-order valence-electron chi connectivity index (χ0n) is 15.8. The minimum Gasteiger partial charge on any atom is -0.326 e. The summed E-state index contributed by atoms with van der Waals surface area (Å²) in [6.07, 6.45) is 0. The number of aromatic nitrogens is 1. The van der Waals surface area contributed by atoms with Crippen LogP contribution in [0.4, 0.5) is 5.69 Å². The smallest absolute Gasteiger partial charge is 0.240 e. The van der Waals surface area contributed by atoms with Crippen molar-refractivity contribution >= 4 is 33.0 Å². The molecule has 3 rings (SSSR count). The van der Waals surface area contributed by atoms with Crippen molar-refractivity contribution in [2.24, 2.45) is 0 Å². The highest BCUT2D eigenvalue weighted by Crippen LogP contribution is 2.30. The van der Waals surface area contributed by atoms with Crippen LogP contribution in [0.1, 0.15) is 23.1 Å². The van der Waals surface area contributed by atoms with Crippen molar-refractivity contribution in [2.45, 2.75) is 32.2 Å². The van der Waals surface area contributed by atoms with Crippen LogP contribution >= 0.6 is 11.3 Å². The maximum atomic E-state index is 12.6. The molecule has 3 aromatic rings. The van der Waals surface area contributed by atoms with E-state index in [2.05, 4.69) is 15.0 Å². The van der Waals surface area contributed by atoms with Crippen molar-refractivity contribution in [2.75, 3.05) is 5.32 Å². The second-order valence-corrected chi connectivity index (χ2v) is 9.22. The Labute approximate surface area is 168 Å². The molecule has 0 spiro atoms. The maximum Gasteiger partial charge on any atom is 0.240 e. The first-order valence-corrected chi connectivity index (χ1v) is 11.0. The van der Waals surface area contributed by atoms with E-state index in [-0.39, 0.29) is 17.3 Å². The number of hydrogen-bond donors (Lipinski definition) is 2. The molecule has 0 aliphatic carbocycles. The molecule has 1 aromatic heterocycles. The maximum absolute atomic E-state index is 12.6. The molecule has 0 radical (unpaired) electrons. The van der Waals surface area contributed by atoms with Gasteiger partial charge in [-0.2, -0.15) is 0 Å². The third kappa shape index (κ3) is 4.64. The van der Waals surface area contributed by atoms with Gasteiger partial charge in [-0.1, -0.05) is 24.3 Å². The Bertz CT molecular complexity index is 1100. The fraction of sp³-hybridized carbons (Fsp3) is 0.200. The van der Waals surface area contributed by atoms with Gasteiger partial charge >= 0.3 is 0 Å². The van der Waals surface area contributed by atoms with Crippen molar-refractivity contribution in [3.8, 4) is 10.6 Å². The molecular formula is C20H21N3O3S2. The lowest BCUT2D eigenvalue weighted by Crippen LogP contribution is -2.23. The molecule has 8 heteroatoms. The molecule has 0 saturated carbocycles. The highest BCUT2D eigenvalue weighted by atomic mass is 32.2. The monoisotopic (exact) mass is 415 g/mol. The quantitative estimate of drug-likeness (QED) is 0.640. The van der Waals surface area contributed by atoms with Crippen LogP contribution in [0.2, 0.25) is 0 Å². The van der Waals surface area contributed by atoms with Gasteiger partial charge in [-0.15, -0.1) is 11.3 Å². The zero-order chi connectivity index (χ0) is 20.3. The number of nitrogens with one attached hydrogen (secondary N) is 2. The lowest BCUT2D eigenvalue weighted by Gasteiger charge is -2.07. The molecule has 0 atom stereocenters. The molecule has 2 N–H and O–H groups in total. The van der Waals surface area contributed by atoms with E-state index in [1.54, 1.807) is 12.1 Å². The summed E-state index contributed by atoms with van der Waals surface area (Å²) in [4.78, 5) is 16.7. The van der Waals surface area contributed by atoms with Crippen LogP contribution in [0.25, 0.3) is 10.6 Å². The fourth-order valence-electron chi connectivity index (χ4n) is 2.68. The highest BCUT2D eigenvalue weighted by Gasteiger charge is 2.17. The molecule has 0 bridgehead atoms. The number of carbonyl (C=O) groups is 1. The van der Waals surface area contributed by atoms with Gasteiger partial charge in [0.05, 0.1) is 10.6 Å². The van der Waals surface area contributed by atoms with E-state index in [9.17, 15) is 13.2 Å². The molecule has 1 heterocycles. The Hall–Kier alpha value is -2.55. The standard InChI is InChI=1S/C20H21N3O3S2/c1-13-6-4-5-7-18(13)20-22-14(2)19(27-20)12-21-28(25,26)17-10-8-16(9-11-17)23-15(3)24/h4-11,21H,12H2,1-3H3,(H,23,24). The molecule has 2 aromatic carbocycles. The van der Waals surface area contributed by atoms with E-state index in [0.717, 1.165) is 26.7 Å². The van der Waals surface area contributed by atoms with E-state index in [4.69, 9.17) is 0 Å². The van der Waals surface area contributed by atoms with Crippen molar-refractivity contribution in [1.82, 2.24) is 9.71 Å². The Morgan fingerprint density at radius 1 is 1.07 bits per heavy atom. The van der Waals surface area contributed by atoms with E-state index >= 15 is 0 Å². The van der Waals surface area contributed by atoms with Crippen molar-refractivity contribution in [1.29, 1.82) is 0 Å². The lowest BCUT2D eigenvalue weighted by atomic mass is 10.1. The van der Waals surface area contributed by atoms with Crippen LogP contribution in [0.5, 0.6) is 0 Å². The molecule has 1 amide bonds. The Morgan fingerprint density at radius 3 is 2.39 bits per heavy atom. The summed E-state index contributed by atoms with van der Waals surface area (Å²) in [5.74, 6) is -0.209. The number of rotatable bonds is 6. The number of nitrogens with zero attached hydrogens (tertiary/aromatic N) is 1. The first kappa shape index (κ1) is 20.2. The summed E-state index contributed by atoms with van der Waals surface area (Å²) in [6, 6.07) is 14.0. The fourth-order valence-corrected chi connectivity index (χ4v) is 4.86. The van der Waals surface area contributed by atoms with Gasteiger partial charge in [-0.3, -0.25) is 4.79 Å². The normalized spacial score (nSPS) is 11.4. The van der Waals surface area contributed by atoms with E-state index in [1.165, 1.54) is 30.4 Å². The zero-order valence-corrected chi connectivity index (χ0v) is 17.4. The molecule has 0 aliphatic rings. The number of thiazole rings is 1. The van der Waals surface area contributed by atoms with E-state index in [0.29, 0.717) is 5.69 Å². The Balaban J connectivity index is 1.74. The number of carbonyl (C=O) groups excluding carboxylic acids is 1. The van der Waals surface area contributed by atoms with Crippen LogP contribution in [0.15, 0.2) is 53.4 Å². The van der Waals surface area contributed by atoms with Crippen LogP contribution in [-0.2, 0) is 21.4 Å². The van der Waals surface area contributed by atoms with Gasteiger partial charge in [0.15, 0.2) is 0 Å². The van der Waals surface area contributed by atoms with Gasteiger partial charge in [0.25, 0.3) is 0 Å². The molecule has 28 heavy (non-hydrogen) atoms. The average Bonchev–Trinajstić information content (AvgIpc) is 3.01. The number of sulfonamides is 1. The lowest BCUT2D eigenvalue weighted by molar-refractivity contribution is -0.114. The van der Waals surface area contributed by atoms with E-state index < -0.39 is 10.0 Å². The summed E-state index contributed by atoms with van der Waals surface area (Å²) in [6.45, 7) is 5.48. The molecule has 0 aliphatic heterocycles. The first-order chi connectivity index (χ1) is 13.3. The highest BCUT2D eigenvalue weighted by molar-refractivity contribution is 7.89.